The van der Waals surface area contributed by atoms with Gasteiger partial charge < -0.3 is 14.8 Å². The van der Waals surface area contributed by atoms with E-state index in [1.807, 2.05) is 72.4 Å². The van der Waals surface area contributed by atoms with Crippen molar-refractivity contribution in [1.82, 2.24) is 19.5 Å². The first-order chi connectivity index (χ1) is 15.4. The lowest BCUT2D eigenvalue weighted by Crippen LogP contribution is -2.34. The van der Waals surface area contributed by atoms with Gasteiger partial charge in [-0.2, -0.15) is 4.98 Å². The van der Waals surface area contributed by atoms with Crippen LogP contribution >= 0.6 is 0 Å². The summed E-state index contributed by atoms with van der Waals surface area (Å²) in [6.45, 7) is 6.67. The van der Waals surface area contributed by atoms with Crippen LogP contribution in [-0.2, 0) is 4.79 Å². The maximum atomic E-state index is 13.3. The van der Waals surface area contributed by atoms with Gasteiger partial charge in [0.15, 0.2) is 17.1 Å². The zero-order valence-corrected chi connectivity index (χ0v) is 18.2. The molecule has 1 N–H and O–H groups in total. The highest BCUT2D eigenvalue weighted by Gasteiger charge is 2.24. The minimum Gasteiger partial charge on any atom is -0.486 e. The van der Waals surface area contributed by atoms with Crippen molar-refractivity contribution in [1.29, 1.82) is 0 Å². The average molecular weight is 432 g/mol. The molecule has 1 amide bonds. The predicted octanol–water partition coefficient (Wildman–Crippen LogP) is 3.17. The molecule has 0 fully saturated rings. The number of nitrogens with zero attached hydrogens (tertiary/aromatic N) is 3. The molecule has 1 aliphatic rings. The fourth-order valence-electron chi connectivity index (χ4n) is 4.25. The number of hydrogen-bond acceptors (Lipinski definition) is 5. The molecule has 2 aromatic heterocycles. The van der Waals surface area contributed by atoms with Gasteiger partial charge in [-0.3, -0.25) is 14.3 Å². The lowest BCUT2D eigenvalue weighted by molar-refractivity contribution is -0.124. The van der Waals surface area contributed by atoms with Crippen molar-refractivity contribution in [2.75, 3.05) is 13.2 Å². The number of carbonyl (C=O) groups excluding carboxylic acids is 1. The summed E-state index contributed by atoms with van der Waals surface area (Å²) in [7, 11) is 0. The van der Waals surface area contributed by atoms with Gasteiger partial charge in [0.25, 0.3) is 5.56 Å². The Morgan fingerprint density at radius 1 is 1.06 bits per heavy atom. The highest BCUT2D eigenvalue weighted by Crippen LogP contribution is 2.33. The summed E-state index contributed by atoms with van der Waals surface area (Å²) >= 11 is 0. The van der Waals surface area contributed by atoms with Crippen LogP contribution in [0.1, 0.15) is 37.2 Å². The van der Waals surface area contributed by atoms with Crippen molar-refractivity contribution in [3.8, 4) is 11.5 Å². The molecule has 4 aromatic rings. The molecule has 0 bridgehead atoms. The zero-order chi connectivity index (χ0) is 22.4. The SMILES string of the molecule is Cc1cc(=O)nc2c3ccccc3n([C@H](C)C(=O)N[C@H](C)c3ccc4c(c3)OCCO4)n12. The number of aromatic nitrogens is 3. The number of ether oxygens (including phenoxy) is 2. The Morgan fingerprint density at radius 2 is 1.81 bits per heavy atom. The second kappa shape index (κ2) is 7.71. The van der Waals surface area contributed by atoms with Crippen LogP contribution in [0.2, 0.25) is 0 Å². The van der Waals surface area contributed by atoms with Crippen molar-refractivity contribution < 1.29 is 14.3 Å². The van der Waals surface area contributed by atoms with Crippen LogP contribution in [0, 0.1) is 6.92 Å². The van der Waals surface area contributed by atoms with Gasteiger partial charge in [-0.25, -0.2) is 4.52 Å². The predicted molar refractivity (Wildman–Crippen MR) is 120 cm³/mol. The Kier molecular flexibility index (Phi) is 4.84. The lowest BCUT2D eigenvalue weighted by Gasteiger charge is -2.23. The van der Waals surface area contributed by atoms with Gasteiger partial charge in [0, 0.05) is 17.1 Å². The van der Waals surface area contributed by atoms with Crippen molar-refractivity contribution in [2.45, 2.75) is 32.9 Å². The molecule has 1 aliphatic heterocycles. The molecule has 3 heterocycles. The van der Waals surface area contributed by atoms with Crippen molar-refractivity contribution in [2.24, 2.45) is 0 Å². The molecule has 8 heteroatoms. The van der Waals surface area contributed by atoms with E-state index in [1.54, 1.807) is 0 Å². The van der Waals surface area contributed by atoms with Gasteiger partial charge in [-0.1, -0.05) is 18.2 Å². The minimum atomic E-state index is -0.542. The van der Waals surface area contributed by atoms with Crippen LogP contribution in [0.5, 0.6) is 11.5 Å². The minimum absolute atomic E-state index is 0.145. The van der Waals surface area contributed by atoms with Crippen LogP contribution in [0.4, 0.5) is 0 Å². The molecule has 0 spiro atoms. The maximum absolute atomic E-state index is 13.3. The summed E-state index contributed by atoms with van der Waals surface area (Å²) < 4.78 is 15.0. The average Bonchev–Trinajstić information content (AvgIpc) is 3.12. The number of nitrogens with one attached hydrogen (secondary N) is 1. The number of benzene rings is 2. The van der Waals surface area contributed by atoms with E-state index < -0.39 is 6.04 Å². The topological polar surface area (TPSA) is 86.9 Å². The Labute approximate surface area is 184 Å². The van der Waals surface area contributed by atoms with E-state index in [0.717, 1.165) is 22.2 Å². The van der Waals surface area contributed by atoms with Gasteiger partial charge >= 0.3 is 0 Å². The molecule has 0 saturated carbocycles. The van der Waals surface area contributed by atoms with E-state index in [9.17, 15) is 9.59 Å². The van der Waals surface area contributed by atoms with E-state index in [1.165, 1.54) is 6.07 Å². The number of hydrogen-bond donors (Lipinski definition) is 1. The maximum Gasteiger partial charge on any atom is 0.273 e. The Morgan fingerprint density at radius 3 is 2.62 bits per heavy atom. The van der Waals surface area contributed by atoms with Crippen LogP contribution in [0.25, 0.3) is 16.6 Å². The smallest absolute Gasteiger partial charge is 0.273 e. The van der Waals surface area contributed by atoms with Gasteiger partial charge in [-0.05, 0) is 50.6 Å². The van der Waals surface area contributed by atoms with E-state index >= 15 is 0 Å². The third kappa shape index (κ3) is 3.28. The fraction of sp³-hybridized carbons (Fsp3) is 0.292. The van der Waals surface area contributed by atoms with Crippen LogP contribution in [-0.4, -0.2) is 33.3 Å². The molecule has 32 heavy (non-hydrogen) atoms. The van der Waals surface area contributed by atoms with E-state index in [4.69, 9.17) is 9.47 Å². The van der Waals surface area contributed by atoms with Gasteiger partial charge in [0.05, 0.1) is 11.6 Å². The third-order valence-corrected chi connectivity index (χ3v) is 5.86. The normalized spacial score (nSPS) is 15.0. The number of fused-ring (bicyclic) bond motifs is 4. The number of amides is 1. The zero-order valence-electron chi connectivity index (χ0n) is 18.2. The molecule has 0 saturated heterocycles. The number of rotatable bonds is 4. The molecule has 0 aliphatic carbocycles. The number of para-hydroxylation sites is 1. The molecule has 2 aromatic carbocycles. The number of carbonyl (C=O) groups is 1. The summed E-state index contributed by atoms with van der Waals surface area (Å²) in [4.78, 5) is 29.5. The molecule has 5 rings (SSSR count). The van der Waals surface area contributed by atoms with Crippen molar-refractivity contribution >= 4 is 22.5 Å². The Bertz CT molecular complexity index is 1400. The van der Waals surface area contributed by atoms with Gasteiger partial charge in [-0.15, -0.1) is 0 Å². The second-order valence-corrected chi connectivity index (χ2v) is 8.04. The fourth-order valence-corrected chi connectivity index (χ4v) is 4.25. The third-order valence-electron chi connectivity index (χ3n) is 5.86. The highest BCUT2D eigenvalue weighted by molar-refractivity contribution is 5.94. The van der Waals surface area contributed by atoms with Crippen molar-refractivity contribution in [3.05, 3.63) is 70.1 Å². The first kappa shape index (κ1) is 20.1. The first-order valence-corrected chi connectivity index (χ1v) is 10.6. The van der Waals surface area contributed by atoms with Crippen molar-refractivity contribution in [3.63, 3.8) is 0 Å². The molecule has 8 nitrogen and oxygen atoms in total. The molecule has 0 radical (unpaired) electrons. The first-order valence-electron chi connectivity index (χ1n) is 10.6. The van der Waals surface area contributed by atoms with E-state index in [-0.39, 0.29) is 17.5 Å². The second-order valence-electron chi connectivity index (χ2n) is 8.04. The summed E-state index contributed by atoms with van der Waals surface area (Å²) in [5.41, 5.74) is 2.73. The molecular weight excluding hydrogens is 408 g/mol. The largest absolute Gasteiger partial charge is 0.486 e. The quantitative estimate of drug-likeness (QED) is 0.535. The van der Waals surface area contributed by atoms with Crippen LogP contribution in [0.15, 0.2) is 53.3 Å². The standard InChI is InChI=1S/C24H24N4O4/c1-14-12-22(29)26-23-18-6-4-5-7-19(18)28(27(14)23)16(3)24(30)25-15(2)17-8-9-20-21(13-17)32-11-10-31-20/h4-9,12-13,15-16H,10-11H2,1-3H3,(H,25,30)/t15-,16-/m1/s1. The van der Waals surface area contributed by atoms with E-state index in [0.29, 0.717) is 30.4 Å². The Hall–Kier alpha value is -3.81. The highest BCUT2D eigenvalue weighted by atomic mass is 16.6. The molecular formula is C24H24N4O4. The van der Waals surface area contributed by atoms with Crippen LogP contribution in [0.3, 0.4) is 0 Å². The van der Waals surface area contributed by atoms with Gasteiger partial charge in [0.2, 0.25) is 5.91 Å². The Balaban J connectivity index is 1.49. The number of aryl methyl sites for hydroxylation is 1. The van der Waals surface area contributed by atoms with Gasteiger partial charge in [0.1, 0.15) is 19.3 Å². The monoisotopic (exact) mass is 432 g/mol. The van der Waals surface area contributed by atoms with E-state index in [2.05, 4.69) is 10.3 Å². The lowest BCUT2D eigenvalue weighted by atomic mass is 10.1. The summed E-state index contributed by atoms with van der Waals surface area (Å²) in [6, 6.07) is 14.1. The molecule has 2 atom stereocenters. The van der Waals surface area contributed by atoms with Crippen LogP contribution < -0.4 is 20.3 Å². The molecule has 164 valence electrons. The molecule has 0 unspecified atom stereocenters. The summed E-state index contributed by atoms with van der Waals surface area (Å²) in [5.74, 6) is 1.26. The summed E-state index contributed by atoms with van der Waals surface area (Å²) in [6.07, 6.45) is 0. The summed E-state index contributed by atoms with van der Waals surface area (Å²) in [5, 5.41) is 3.93.